The molecule has 0 aliphatic carbocycles. The van der Waals surface area contributed by atoms with Crippen molar-refractivity contribution in [1.82, 2.24) is 0 Å². The van der Waals surface area contributed by atoms with Gasteiger partial charge in [0.15, 0.2) is 12.6 Å². The fraction of sp³-hybridized carbons (Fsp3) is 0.400. The van der Waals surface area contributed by atoms with Crippen LogP contribution in [0, 0.1) is 0 Å². The normalized spacial score (nSPS) is 36.1. The Hall–Kier alpha value is -1.72. The third-order valence-corrected chi connectivity index (χ3v) is 4.63. The van der Waals surface area contributed by atoms with E-state index >= 15 is 0 Å². The van der Waals surface area contributed by atoms with E-state index in [-0.39, 0.29) is 37.0 Å². The van der Waals surface area contributed by atoms with E-state index in [4.69, 9.17) is 18.9 Å². The predicted octanol–water partition coefficient (Wildman–Crippen LogP) is 3.99. The van der Waals surface area contributed by atoms with E-state index in [9.17, 15) is 0 Å². The minimum Gasteiger partial charge on any atom is -0.343 e. The van der Waals surface area contributed by atoms with Crippen LogP contribution >= 0.6 is 0 Å². The maximum Gasteiger partial charge on any atom is 0.184 e. The van der Waals surface area contributed by atoms with Crippen LogP contribution in [0.5, 0.6) is 0 Å². The topological polar surface area (TPSA) is 36.9 Å². The summed E-state index contributed by atoms with van der Waals surface area (Å²) < 4.78 is 24.3. The minimum absolute atomic E-state index is 0.0548. The molecule has 4 rings (SSSR count). The first-order valence-corrected chi connectivity index (χ1v) is 8.44. The van der Waals surface area contributed by atoms with E-state index in [1.807, 2.05) is 74.5 Å². The predicted molar refractivity (Wildman–Crippen MR) is 89.2 cm³/mol. The molecule has 24 heavy (non-hydrogen) atoms. The summed E-state index contributed by atoms with van der Waals surface area (Å²) in [5.74, 6) is 0. The van der Waals surface area contributed by atoms with E-state index in [0.29, 0.717) is 0 Å². The van der Waals surface area contributed by atoms with Crippen molar-refractivity contribution < 1.29 is 18.9 Å². The van der Waals surface area contributed by atoms with Crippen LogP contribution in [0.15, 0.2) is 60.7 Å². The summed E-state index contributed by atoms with van der Waals surface area (Å²) in [6.07, 6.45) is -1.12. The zero-order valence-corrected chi connectivity index (χ0v) is 13.9. The molecule has 2 aromatic carbocycles. The number of hydrogen-bond donors (Lipinski definition) is 0. The van der Waals surface area contributed by atoms with E-state index in [2.05, 4.69) is 0 Å². The molecule has 2 fully saturated rings. The van der Waals surface area contributed by atoms with Gasteiger partial charge in [-0.25, -0.2) is 0 Å². The molecule has 4 heteroatoms. The van der Waals surface area contributed by atoms with Gasteiger partial charge in [-0.2, -0.15) is 0 Å². The van der Waals surface area contributed by atoms with Gasteiger partial charge in [0.1, 0.15) is 12.2 Å². The van der Waals surface area contributed by atoms with Crippen molar-refractivity contribution in [3.63, 3.8) is 0 Å². The molecule has 2 aromatic rings. The van der Waals surface area contributed by atoms with E-state index in [1.165, 1.54) is 0 Å². The second-order valence-corrected chi connectivity index (χ2v) is 6.37. The maximum atomic E-state index is 6.17. The van der Waals surface area contributed by atoms with Crippen LogP contribution in [0.25, 0.3) is 0 Å². The summed E-state index contributed by atoms with van der Waals surface area (Å²) in [4.78, 5) is 0. The third kappa shape index (κ3) is 2.98. The quantitative estimate of drug-likeness (QED) is 0.854. The first-order valence-electron chi connectivity index (χ1n) is 8.44. The van der Waals surface area contributed by atoms with Crippen molar-refractivity contribution >= 4 is 0 Å². The van der Waals surface area contributed by atoms with Crippen LogP contribution in [0.1, 0.15) is 37.6 Å². The first-order chi connectivity index (χ1) is 11.7. The van der Waals surface area contributed by atoms with Gasteiger partial charge in [-0.3, -0.25) is 0 Å². The van der Waals surface area contributed by atoms with E-state index in [0.717, 1.165) is 11.1 Å². The lowest BCUT2D eigenvalue weighted by atomic mass is 10.1. The Kier molecular flexibility index (Phi) is 4.37. The van der Waals surface area contributed by atoms with Crippen LogP contribution in [0.2, 0.25) is 0 Å². The Bertz CT molecular complexity index is 600. The van der Waals surface area contributed by atoms with Gasteiger partial charge < -0.3 is 18.9 Å². The van der Waals surface area contributed by atoms with E-state index < -0.39 is 0 Å². The molecule has 0 amide bonds. The van der Waals surface area contributed by atoms with Crippen molar-refractivity contribution in [1.29, 1.82) is 0 Å². The summed E-state index contributed by atoms with van der Waals surface area (Å²) in [6, 6.07) is 20.0. The smallest absolute Gasteiger partial charge is 0.184 e. The summed E-state index contributed by atoms with van der Waals surface area (Å²) in [5.41, 5.74) is 2.05. The zero-order chi connectivity index (χ0) is 16.5. The molecule has 2 saturated heterocycles. The van der Waals surface area contributed by atoms with Crippen molar-refractivity contribution in [2.45, 2.75) is 50.8 Å². The molecular weight excluding hydrogens is 304 g/mol. The Labute approximate surface area is 142 Å². The molecule has 0 spiro atoms. The second kappa shape index (κ2) is 6.65. The highest BCUT2D eigenvalue weighted by Gasteiger charge is 2.47. The van der Waals surface area contributed by atoms with Gasteiger partial charge in [0, 0.05) is 11.1 Å². The van der Waals surface area contributed by atoms with Gasteiger partial charge in [0.2, 0.25) is 0 Å². The van der Waals surface area contributed by atoms with Crippen molar-refractivity contribution in [3.8, 4) is 0 Å². The Morgan fingerprint density at radius 3 is 1.29 bits per heavy atom. The van der Waals surface area contributed by atoms with Crippen LogP contribution in [-0.2, 0) is 18.9 Å². The van der Waals surface area contributed by atoms with Crippen molar-refractivity contribution in [2.24, 2.45) is 0 Å². The van der Waals surface area contributed by atoms with Gasteiger partial charge in [-0.05, 0) is 13.8 Å². The van der Waals surface area contributed by atoms with Crippen LogP contribution in [0.3, 0.4) is 0 Å². The summed E-state index contributed by atoms with van der Waals surface area (Å²) >= 11 is 0. The van der Waals surface area contributed by atoms with Gasteiger partial charge in [-0.1, -0.05) is 60.7 Å². The highest BCUT2D eigenvalue weighted by molar-refractivity contribution is 5.18. The average Bonchev–Trinajstić information content (AvgIpc) is 3.19. The largest absolute Gasteiger partial charge is 0.343 e. The highest BCUT2D eigenvalue weighted by Crippen LogP contribution is 2.40. The molecule has 6 atom stereocenters. The fourth-order valence-corrected chi connectivity index (χ4v) is 3.34. The van der Waals surface area contributed by atoms with Gasteiger partial charge in [0.05, 0.1) is 12.2 Å². The molecule has 4 nitrogen and oxygen atoms in total. The summed E-state index contributed by atoms with van der Waals surface area (Å²) in [5, 5.41) is 0. The lowest BCUT2D eigenvalue weighted by Crippen LogP contribution is -2.39. The Balaban J connectivity index is 1.48. The minimum atomic E-state index is -0.349. The molecule has 0 radical (unpaired) electrons. The van der Waals surface area contributed by atoms with E-state index in [1.54, 1.807) is 0 Å². The second-order valence-electron chi connectivity index (χ2n) is 6.37. The highest BCUT2D eigenvalue weighted by atomic mass is 16.8. The molecule has 0 aromatic heterocycles. The number of benzene rings is 2. The number of rotatable bonds is 3. The first kappa shape index (κ1) is 15.8. The van der Waals surface area contributed by atoms with Crippen LogP contribution in [-0.4, -0.2) is 24.4 Å². The Morgan fingerprint density at radius 1 is 0.542 bits per heavy atom. The molecule has 2 heterocycles. The fourth-order valence-electron chi connectivity index (χ4n) is 3.34. The lowest BCUT2D eigenvalue weighted by Gasteiger charge is -2.22. The van der Waals surface area contributed by atoms with Crippen LogP contribution in [0.4, 0.5) is 0 Å². The standard InChI is InChI=1S/C20H22O4/c1-13-17(23-19(21-13)15-9-5-3-6-10-15)18-14(2)22-20(24-18)16-11-7-4-8-12-16/h3-14,17-20H,1-2H3/t13-,14+,17+,18-,19+,20-. The maximum absolute atomic E-state index is 6.17. The molecule has 0 bridgehead atoms. The van der Waals surface area contributed by atoms with Crippen molar-refractivity contribution in [3.05, 3.63) is 71.8 Å². The molecule has 126 valence electrons. The van der Waals surface area contributed by atoms with Gasteiger partial charge in [-0.15, -0.1) is 0 Å². The molecular formula is C20H22O4. The average molecular weight is 326 g/mol. The molecule has 0 unspecified atom stereocenters. The molecule has 2 aliphatic rings. The van der Waals surface area contributed by atoms with Crippen LogP contribution < -0.4 is 0 Å². The monoisotopic (exact) mass is 326 g/mol. The molecule has 0 N–H and O–H groups in total. The SMILES string of the molecule is C[C@@H]1O[C@@H](c2ccccc2)O[C@H]1[C@H]1O[C@@H](c2ccccc2)O[C@@H]1C. The number of hydrogen-bond acceptors (Lipinski definition) is 4. The number of ether oxygens (including phenoxy) is 4. The lowest BCUT2D eigenvalue weighted by molar-refractivity contribution is -0.107. The van der Waals surface area contributed by atoms with Crippen molar-refractivity contribution in [2.75, 3.05) is 0 Å². The summed E-state index contributed by atoms with van der Waals surface area (Å²) in [7, 11) is 0. The zero-order valence-electron chi connectivity index (χ0n) is 13.9. The van der Waals surface area contributed by atoms with Gasteiger partial charge in [0.25, 0.3) is 0 Å². The summed E-state index contributed by atoms with van der Waals surface area (Å²) in [6.45, 7) is 4.05. The van der Waals surface area contributed by atoms with Gasteiger partial charge >= 0.3 is 0 Å². The Morgan fingerprint density at radius 2 is 0.917 bits per heavy atom. The molecule has 2 aliphatic heterocycles. The third-order valence-electron chi connectivity index (χ3n) is 4.63. The molecule has 0 saturated carbocycles.